The van der Waals surface area contributed by atoms with Gasteiger partial charge in [-0.25, -0.2) is 0 Å². The highest BCUT2D eigenvalue weighted by Gasteiger charge is 2.28. The van der Waals surface area contributed by atoms with Crippen LogP contribution in [-0.2, 0) is 20.7 Å². The van der Waals surface area contributed by atoms with E-state index in [2.05, 4.69) is 5.32 Å². The highest BCUT2D eigenvalue weighted by Crippen LogP contribution is 2.12. The number of methoxy groups -OCH3 is 1. The Hall–Kier alpha value is -1.92. The summed E-state index contributed by atoms with van der Waals surface area (Å²) in [5.41, 5.74) is 6.86. The molecule has 126 valence electrons. The molecule has 1 aromatic rings. The van der Waals surface area contributed by atoms with Gasteiger partial charge >= 0.3 is 0 Å². The van der Waals surface area contributed by atoms with Crippen LogP contribution in [0.2, 0.25) is 0 Å². The van der Waals surface area contributed by atoms with Gasteiger partial charge in [-0.1, -0.05) is 30.3 Å². The first kappa shape index (κ1) is 17.4. The monoisotopic (exact) mass is 319 g/mol. The lowest BCUT2D eigenvalue weighted by molar-refractivity contribution is -0.130. The number of nitrogens with two attached hydrogens (primary N) is 1. The quantitative estimate of drug-likeness (QED) is 0.757. The molecule has 1 aliphatic heterocycles. The Kier molecular flexibility index (Phi) is 6.55. The Labute approximate surface area is 137 Å². The van der Waals surface area contributed by atoms with Crippen LogP contribution in [0.4, 0.5) is 0 Å². The molecule has 0 spiro atoms. The number of aryl methyl sites for hydroxylation is 1. The Morgan fingerprint density at radius 3 is 2.83 bits per heavy atom. The van der Waals surface area contributed by atoms with Gasteiger partial charge in [-0.15, -0.1) is 0 Å². The summed E-state index contributed by atoms with van der Waals surface area (Å²) in [5, 5.41) is 2.88. The van der Waals surface area contributed by atoms with Crippen molar-refractivity contribution in [1.29, 1.82) is 0 Å². The Bertz CT molecular complexity index is 521. The number of hydrogen-bond acceptors (Lipinski definition) is 4. The molecule has 1 saturated heterocycles. The number of carbonyl (C=O) groups is 2. The number of nitrogens with zero attached hydrogens (tertiary/aromatic N) is 1. The normalized spacial score (nSPS) is 18.7. The van der Waals surface area contributed by atoms with E-state index in [1.165, 1.54) is 7.11 Å². The van der Waals surface area contributed by atoms with E-state index in [0.29, 0.717) is 19.5 Å². The SMILES string of the molecule is COCC(N)C(=O)NC1CCN(C(=O)CCc2ccccc2)C1. The molecule has 2 rings (SSSR count). The molecule has 6 nitrogen and oxygen atoms in total. The number of likely N-dealkylation sites (tertiary alicyclic amines) is 1. The molecular formula is C17H25N3O3. The van der Waals surface area contributed by atoms with Gasteiger partial charge in [0.25, 0.3) is 0 Å². The molecule has 2 amide bonds. The molecule has 0 bridgehead atoms. The van der Waals surface area contributed by atoms with E-state index >= 15 is 0 Å². The number of benzene rings is 1. The maximum atomic E-state index is 12.3. The van der Waals surface area contributed by atoms with Crippen molar-refractivity contribution < 1.29 is 14.3 Å². The van der Waals surface area contributed by atoms with Crippen LogP contribution in [0.5, 0.6) is 0 Å². The lowest BCUT2D eigenvalue weighted by Crippen LogP contribution is -2.48. The van der Waals surface area contributed by atoms with Crippen molar-refractivity contribution in [2.24, 2.45) is 5.73 Å². The van der Waals surface area contributed by atoms with Crippen LogP contribution in [0.25, 0.3) is 0 Å². The number of rotatable bonds is 7. The lowest BCUT2D eigenvalue weighted by Gasteiger charge is -2.18. The zero-order valence-corrected chi connectivity index (χ0v) is 13.5. The first-order valence-electron chi connectivity index (χ1n) is 7.96. The van der Waals surface area contributed by atoms with Crippen molar-refractivity contribution in [2.45, 2.75) is 31.3 Å². The predicted molar refractivity (Wildman–Crippen MR) is 87.7 cm³/mol. The molecule has 1 aliphatic rings. The van der Waals surface area contributed by atoms with Gasteiger partial charge in [0.2, 0.25) is 11.8 Å². The second kappa shape index (κ2) is 8.64. The van der Waals surface area contributed by atoms with Crippen molar-refractivity contribution in [2.75, 3.05) is 26.8 Å². The molecule has 6 heteroatoms. The lowest BCUT2D eigenvalue weighted by atomic mass is 10.1. The molecule has 1 heterocycles. The van der Waals surface area contributed by atoms with E-state index in [4.69, 9.17) is 10.5 Å². The third-order valence-corrected chi connectivity index (χ3v) is 4.04. The van der Waals surface area contributed by atoms with E-state index in [0.717, 1.165) is 18.4 Å². The summed E-state index contributed by atoms with van der Waals surface area (Å²) < 4.78 is 4.87. The summed E-state index contributed by atoms with van der Waals surface area (Å²) in [6.45, 7) is 1.43. The fourth-order valence-electron chi connectivity index (χ4n) is 2.72. The third kappa shape index (κ3) is 5.33. The number of amides is 2. The van der Waals surface area contributed by atoms with Gasteiger partial charge in [0.05, 0.1) is 6.61 Å². The summed E-state index contributed by atoms with van der Waals surface area (Å²) >= 11 is 0. The molecule has 1 fully saturated rings. The van der Waals surface area contributed by atoms with Gasteiger partial charge in [-0.2, -0.15) is 0 Å². The predicted octanol–water partition coefficient (Wildman–Crippen LogP) is 0.310. The van der Waals surface area contributed by atoms with Gasteiger partial charge in [0, 0.05) is 32.7 Å². The average Bonchev–Trinajstić information content (AvgIpc) is 3.02. The fourth-order valence-corrected chi connectivity index (χ4v) is 2.72. The van der Waals surface area contributed by atoms with Gasteiger partial charge in [-0.05, 0) is 18.4 Å². The highest BCUT2D eigenvalue weighted by atomic mass is 16.5. The largest absolute Gasteiger partial charge is 0.383 e. The zero-order chi connectivity index (χ0) is 16.7. The van der Waals surface area contributed by atoms with Crippen LogP contribution in [0.3, 0.4) is 0 Å². The molecule has 1 aromatic carbocycles. The van der Waals surface area contributed by atoms with Crippen molar-refractivity contribution in [3.8, 4) is 0 Å². The summed E-state index contributed by atoms with van der Waals surface area (Å²) in [4.78, 5) is 25.9. The minimum Gasteiger partial charge on any atom is -0.383 e. The number of carbonyl (C=O) groups excluding carboxylic acids is 2. The van der Waals surface area contributed by atoms with Crippen LogP contribution in [0.15, 0.2) is 30.3 Å². The van der Waals surface area contributed by atoms with Crippen LogP contribution in [0.1, 0.15) is 18.4 Å². The average molecular weight is 319 g/mol. The van der Waals surface area contributed by atoms with Gasteiger partial charge < -0.3 is 20.7 Å². The minimum atomic E-state index is -0.664. The summed E-state index contributed by atoms with van der Waals surface area (Å²) in [5.74, 6) is -0.0952. The zero-order valence-electron chi connectivity index (χ0n) is 13.5. The van der Waals surface area contributed by atoms with Crippen molar-refractivity contribution in [1.82, 2.24) is 10.2 Å². The van der Waals surface area contributed by atoms with E-state index in [9.17, 15) is 9.59 Å². The van der Waals surface area contributed by atoms with E-state index in [-0.39, 0.29) is 24.5 Å². The molecule has 23 heavy (non-hydrogen) atoms. The Morgan fingerprint density at radius 2 is 2.13 bits per heavy atom. The molecule has 0 radical (unpaired) electrons. The fraction of sp³-hybridized carbons (Fsp3) is 0.529. The molecule has 0 aliphatic carbocycles. The van der Waals surface area contributed by atoms with Crippen LogP contribution < -0.4 is 11.1 Å². The topological polar surface area (TPSA) is 84.7 Å². The number of hydrogen-bond donors (Lipinski definition) is 2. The molecular weight excluding hydrogens is 294 g/mol. The molecule has 0 aromatic heterocycles. The van der Waals surface area contributed by atoms with Gasteiger partial charge in [-0.3, -0.25) is 9.59 Å². The van der Waals surface area contributed by atoms with Gasteiger partial charge in [0.1, 0.15) is 6.04 Å². The minimum absolute atomic E-state index is 0.0221. The maximum Gasteiger partial charge on any atom is 0.239 e. The summed E-state index contributed by atoms with van der Waals surface area (Å²) in [6.07, 6.45) is 2.00. The second-order valence-electron chi connectivity index (χ2n) is 5.88. The molecule has 0 saturated carbocycles. The molecule has 3 N–H and O–H groups in total. The second-order valence-corrected chi connectivity index (χ2v) is 5.88. The number of ether oxygens (including phenoxy) is 1. The standard InChI is InChI=1S/C17H25N3O3/c1-23-12-15(18)17(22)19-14-9-10-20(11-14)16(21)8-7-13-5-3-2-4-6-13/h2-6,14-15H,7-12,18H2,1H3,(H,19,22). The van der Waals surface area contributed by atoms with Crippen LogP contribution in [0, 0.1) is 0 Å². The first-order chi connectivity index (χ1) is 11.1. The van der Waals surface area contributed by atoms with Crippen LogP contribution >= 0.6 is 0 Å². The number of nitrogens with one attached hydrogen (secondary N) is 1. The van der Waals surface area contributed by atoms with Gasteiger partial charge in [0.15, 0.2) is 0 Å². The van der Waals surface area contributed by atoms with Crippen molar-refractivity contribution >= 4 is 11.8 Å². The molecule has 2 unspecified atom stereocenters. The summed E-state index contributed by atoms with van der Waals surface area (Å²) in [6, 6.07) is 9.28. The van der Waals surface area contributed by atoms with E-state index < -0.39 is 6.04 Å². The third-order valence-electron chi connectivity index (χ3n) is 4.04. The first-order valence-corrected chi connectivity index (χ1v) is 7.96. The Balaban J connectivity index is 1.74. The highest BCUT2D eigenvalue weighted by molar-refractivity contribution is 5.82. The maximum absolute atomic E-state index is 12.3. The Morgan fingerprint density at radius 1 is 1.39 bits per heavy atom. The van der Waals surface area contributed by atoms with Crippen molar-refractivity contribution in [3.63, 3.8) is 0 Å². The van der Waals surface area contributed by atoms with E-state index in [1.54, 1.807) is 0 Å². The smallest absolute Gasteiger partial charge is 0.239 e. The van der Waals surface area contributed by atoms with Crippen molar-refractivity contribution in [3.05, 3.63) is 35.9 Å². The van der Waals surface area contributed by atoms with E-state index in [1.807, 2.05) is 35.2 Å². The summed E-state index contributed by atoms with van der Waals surface area (Å²) in [7, 11) is 1.51. The van der Waals surface area contributed by atoms with Crippen LogP contribution in [-0.4, -0.2) is 55.6 Å². The molecule has 2 atom stereocenters.